The van der Waals surface area contributed by atoms with Crippen molar-refractivity contribution in [3.05, 3.63) is 48.3 Å². The van der Waals surface area contributed by atoms with E-state index in [0.717, 1.165) is 12.1 Å². The van der Waals surface area contributed by atoms with Gasteiger partial charge in [0.1, 0.15) is 5.82 Å². The SMILES string of the molecule is Fc1cc(C(F)(F)F)ccc1NCCCn1ccnc1. The maximum absolute atomic E-state index is 13.5. The Morgan fingerprint density at radius 1 is 1.25 bits per heavy atom. The molecule has 1 aromatic heterocycles. The van der Waals surface area contributed by atoms with Crippen LogP contribution in [-0.2, 0) is 12.7 Å². The Morgan fingerprint density at radius 3 is 2.65 bits per heavy atom. The molecule has 0 aliphatic carbocycles. The van der Waals surface area contributed by atoms with E-state index in [9.17, 15) is 17.6 Å². The smallest absolute Gasteiger partial charge is 0.383 e. The van der Waals surface area contributed by atoms with E-state index in [-0.39, 0.29) is 5.69 Å². The van der Waals surface area contributed by atoms with Crippen LogP contribution in [0.4, 0.5) is 23.2 Å². The lowest BCUT2D eigenvalue weighted by atomic mass is 10.2. The monoisotopic (exact) mass is 287 g/mol. The third-order valence-corrected chi connectivity index (χ3v) is 2.76. The van der Waals surface area contributed by atoms with E-state index in [2.05, 4.69) is 10.3 Å². The van der Waals surface area contributed by atoms with Gasteiger partial charge in [-0.25, -0.2) is 9.37 Å². The predicted octanol–water partition coefficient (Wildman–Crippen LogP) is 3.54. The van der Waals surface area contributed by atoms with Gasteiger partial charge in [-0.1, -0.05) is 0 Å². The van der Waals surface area contributed by atoms with E-state index < -0.39 is 17.6 Å². The van der Waals surface area contributed by atoms with Crippen LogP contribution >= 0.6 is 0 Å². The molecule has 7 heteroatoms. The van der Waals surface area contributed by atoms with Gasteiger partial charge >= 0.3 is 6.18 Å². The fraction of sp³-hybridized carbons (Fsp3) is 0.308. The van der Waals surface area contributed by atoms with Crippen molar-refractivity contribution in [2.45, 2.75) is 19.1 Å². The highest BCUT2D eigenvalue weighted by Crippen LogP contribution is 2.31. The first-order valence-corrected chi connectivity index (χ1v) is 6.03. The Morgan fingerprint density at radius 2 is 2.05 bits per heavy atom. The Hall–Kier alpha value is -2.05. The van der Waals surface area contributed by atoms with Crippen LogP contribution in [0, 0.1) is 5.82 Å². The van der Waals surface area contributed by atoms with Crippen molar-refractivity contribution in [3.63, 3.8) is 0 Å². The van der Waals surface area contributed by atoms with Crippen molar-refractivity contribution in [1.82, 2.24) is 9.55 Å². The first-order valence-electron chi connectivity index (χ1n) is 6.03. The minimum atomic E-state index is -4.53. The van der Waals surface area contributed by atoms with Crippen LogP contribution in [0.3, 0.4) is 0 Å². The van der Waals surface area contributed by atoms with Crippen molar-refractivity contribution < 1.29 is 17.6 Å². The van der Waals surface area contributed by atoms with Gasteiger partial charge in [-0.3, -0.25) is 0 Å². The normalized spacial score (nSPS) is 11.6. The fourth-order valence-electron chi connectivity index (χ4n) is 1.74. The standard InChI is InChI=1S/C13H13F4N3/c14-11-8-10(13(15,16)17)2-3-12(11)19-4-1-6-20-7-5-18-9-20/h2-3,5,7-9,19H,1,4,6H2. The van der Waals surface area contributed by atoms with Crippen LogP contribution in [0.25, 0.3) is 0 Å². The molecule has 0 amide bonds. The Bertz CT molecular complexity index is 549. The Balaban J connectivity index is 1.87. The third kappa shape index (κ3) is 3.72. The van der Waals surface area contributed by atoms with Gasteiger partial charge in [-0.05, 0) is 24.6 Å². The first kappa shape index (κ1) is 14.4. The summed E-state index contributed by atoms with van der Waals surface area (Å²) < 4.78 is 52.5. The quantitative estimate of drug-likeness (QED) is 0.673. The summed E-state index contributed by atoms with van der Waals surface area (Å²) in [5.74, 6) is -0.901. The molecule has 0 aliphatic heterocycles. The number of nitrogens with zero attached hydrogens (tertiary/aromatic N) is 2. The van der Waals surface area contributed by atoms with Crippen LogP contribution in [0.15, 0.2) is 36.9 Å². The lowest BCUT2D eigenvalue weighted by molar-refractivity contribution is -0.137. The number of anilines is 1. The molecule has 0 saturated heterocycles. The van der Waals surface area contributed by atoms with E-state index in [1.807, 2.05) is 4.57 Å². The molecule has 0 spiro atoms. The highest BCUT2D eigenvalue weighted by molar-refractivity contribution is 5.46. The minimum absolute atomic E-state index is 0.0728. The van der Waals surface area contributed by atoms with Gasteiger partial charge in [0.15, 0.2) is 0 Å². The molecule has 0 bridgehead atoms. The van der Waals surface area contributed by atoms with E-state index in [0.29, 0.717) is 25.6 Å². The first-order chi connectivity index (χ1) is 9.47. The van der Waals surface area contributed by atoms with E-state index in [4.69, 9.17) is 0 Å². The van der Waals surface area contributed by atoms with Crippen LogP contribution in [0.2, 0.25) is 0 Å². The maximum Gasteiger partial charge on any atom is 0.416 e. The van der Waals surface area contributed by atoms with Gasteiger partial charge in [0.05, 0.1) is 17.6 Å². The Labute approximate surface area is 113 Å². The summed E-state index contributed by atoms with van der Waals surface area (Å²) in [5.41, 5.74) is -0.914. The number of benzene rings is 1. The number of aromatic nitrogens is 2. The van der Waals surface area contributed by atoms with Gasteiger partial charge in [0, 0.05) is 25.5 Å². The zero-order chi connectivity index (χ0) is 14.6. The van der Waals surface area contributed by atoms with E-state index in [1.165, 1.54) is 0 Å². The number of hydrogen-bond acceptors (Lipinski definition) is 2. The van der Waals surface area contributed by atoms with Crippen molar-refractivity contribution in [1.29, 1.82) is 0 Å². The number of aryl methyl sites for hydroxylation is 1. The second-order valence-corrected chi connectivity index (χ2v) is 4.27. The number of halogens is 4. The molecule has 0 saturated carbocycles. The van der Waals surface area contributed by atoms with Gasteiger partial charge in [-0.2, -0.15) is 13.2 Å². The third-order valence-electron chi connectivity index (χ3n) is 2.76. The molecular formula is C13H13F4N3. The topological polar surface area (TPSA) is 29.9 Å². The summed E-state index contributed by atoms with van der Waals surface area (Å²) in [6.45, 7) is 1.16. The van der Waals surface area contributed by atoms with Crippen LogP contribution < -0.4 is 5.32 Å². The molecule has 0 fully saturated rings. The van der Waals surface area contributed by atoms with Gasteiger partial charge in [-0.15, -0.1) is 0 Å². The van der Waals surface area contributed by atoms with Crippen molar-refractivity contribution in [3.8, 4) is 0 Å². The molecule has 0 radical (unpaired) electrons. The summed E-state index contributed by atoms with van der Waals surface area (Å²) in [4.78, 5) is 3.88. The fourth-order valence-corrected chi connectivity index (χ4v) is 1.74. The molecule has 108 valence electrons. The molecule has 1 N–H and O–H groups in total. The number of imidazole rings is 1. The largest absolute Gasteiger partial charge is 0.416 e. The molecule has 3 nitrogen and oxygen atoms in total. The molecule has 0 atom stereocenters. The molecule has 2 aromatic rings. The van der Waals surface area contributed by atoms with Crippen LogP contribution in [0.1, 0.15) is 12.0 Å². The van der Waals surface area contributed by atoms with E-state index in [1.54, 1.807) is 18.7 Å². The number of nitrogens with one attached hydrogen (secondary N) is 1. The van der Waals surface area contributed by atoms with E-state index >= 15 is 0 Å². The van der Waals surface area contributed by atoms with Crippen molar-refractivity contribution in [2.75, 3.05) is 11.9 Å². The molecule has 0 aliphatic rings. The number of hydrogen-bond donors (Lipinski definition) is 1. The maximum atomic E-state index is 13.5. The van der Waals surface area contributed by atoms with Gasteiger partial charge in [0.2, 0.25) is 0 Å². The summed E-state index contributed by atoms with van der Waals surface area (Å²) in [5, 5.41) is 2.78. The zero-order valence-corrected chi connectivity index (χ0v) is 10.5. The van der Waals surface area contributed by atoms with Crippen LogP contribution in [-0.4, -0.2) is 16.1 Å². The zero-order valence-electron chi connectivity index (χ0n) is 10.5. The summed E-state index contributed by atoms with van der Waals surface area (Å²) >= 11 is 0. The molecule has 1 heterocycles. The minimum Gasteiger partial charge on any atom is -0.383 e. The van der Waals surface area contributed by atoms with Crippen LogP contribution in [0.5, 0.6) is 0 Å². The summed E-state index contributed by atoms with van der Waals surface area (Å²) in [7, 11) is 0. The second-order valence-electron chi connectivity index (χ2n) is 4.27. The molecule has 20 heavy (non-hydrogen) atoms. The lowest BCUT2D eigenvalue weighted by Crippen LogP contribution is -2.09. The lowest BCUT2D eigenvalue weighted by Gasteiger charge is -2.11. The highest BCUT2D eigenvalue weighted by Gasteiger charge is 2.31. The predicted molar refractivity (Wildman–Crippen MR) is 66.7 cm³/mol. The molecular weight excluding hydrogens is 274 g/mol. The van der Waals surface area contributed by atoms with Crippen molar-refractivity contribution in [2.24, 2.45) is 0 Å². The van der Waals surface area contributed by atoms with Gasteiger partial charge in [0.25, 0.3) is 0 Å². The summed E-state index contributed by atoms with van der Waals surface area (Å²) in [6, 6.07) is 2.47. The average Bonchev–Trinajstić information content (AvgIpc) is 2.88. The Kier molecular flexibility index (Phi) is 4.26. The second kappa shape index (κ2) is 5.94. The average molecular weight is 287 g/mol. The number of alkyl halides is 3. The highest BCUT2D eigenvalue weighted by atomic mass is 19.4. The van der Waals surface area contributed by atoms with Crippen molar-refractivity contribution >= 4 is 5.69 Å². The number of rotatable bonds is 5. The molecule has 0 unspecified atom stereocenters. The summed E-state index contributed by atoms with van der Waals surface area (Å²) in [6.07, 6.45) is 1.30. The molecule has 2 rings (SSSR count). The van der Waals surface area contributed by atoms with Gasteiger partial charge < -0.3 is 9.88 Å². The molecule has 1 aromatic carbocycles.